The molecule has 1 N–H and O–H groups in total. The number of nitrogens with zero attached hydrogens (tertiary/aromatic N) is 1. The monoisotopic (exact) mass is 440 g/mol. The minimum atomic E-state index is -0.352. The molecule has 0 radical (unpaired) electrons. The van der Waals surface area contributed by atoms with Gasteiger partial charge in [0.05, 0.1) is 13.3 Å². The second-order valence-electron chi connectivity index (χ2n) is 4.43. The molecule has 5 nitrogen and oxygen atoms in total. The molecule has 2 rings (SSSR count). The molecule has 0 aliphatic carbocycles. The zero-order valence-corrected chi connectivity index (χ0v) is 15.4. The van der Waals surface area contributed by atoms with E-state index in [9.17, 15) is 4.79 Å². The van der Waals surface area contributed by atoms with Crippen LogP contribution >= 0.6 is 31.9 Å². The number of nitrogens with one attached hydrogen (secondary N) is 1. The highest BCUT2D eigenvalue weighted by atomic mass is 79.9. The van der Waals surface area contributed by atoms with Crippen LogP contribution in [0.3, 0.4) is 0 Å². The molecule has 0 bridgehead atoms. The average molecular weight is 442 g/mol. The van der Waals surface area contributed by atoms with Crippen molar-refractivity contribution >= 4 is 44.0 Å². The molecule has 0 atom stereocenters. The second kappa shape index (κ2) is 8.69. The lowest BCUT2D eigenvalue weighted by molar-refractivity contribution is -0.123. The molecule has 0 unspecified atom stereocenters. The average Bonchev–Trinajstić information content (AvgIpc) is 2.53. The number of halogens is 2. The molecule has 2 aromatic rings. The van der Waals surface area contributed by atoms with Crippen LogP contribution < -0.4 is 14.9 Å². The van der Waals surface area contributed by atoms with Crippen molar-refractivity contribution in [2.75, 3.05) is 13.7 Å². The Labute approximate surface area is 150 Å². The lowest BCUT2D eigenvalue weighted by Gasteiger charge is -2.06. The molecule has 0 heterocycles. The van der Waals surface area contributed by atoms with E-state index >= 15 is 0 Å². The number of hydrogen-bond acceptors (Lipinski definition) is 4. The molecule has 23 heavy (non-hydrogen) atoms. The highest BCUT2D eigenvalue weighted by Gasteiger charge is 2.03. The lowest BCUT2D eigenvalue weighted by atomic mass is 10.2. The Balaban J connectivity index is 1.88. The Kier molecular flexibility index (Phi) is 6.61. The van der Waals surface area contributed by atoms with E-state index < -0.39 is 0 Å². The summed E-state index contributed by atoms with van der Waals surface area (Å²) >= 11 is 6.71. The minimum absolute atomic E-state index is 0.122. The van der Waals surface area contributed by atoms with Crippen LogP contribution in [0.4, 0.5) is 0 Å². The van der Waals surface area contributed by atoms with Crippen LogP contribution in [0.2, 0.25) is 0 Å². The van der Waals surface area contributed by atoms with Crippen molar-refractivity contribution in [3.8, 4) is 11.5 Å². The van der Waals surface area contributed by atoms with Crippen molar-refractivity contribution in [3.05, 3.63) is 57.0 Å². The van der Waals surface area contributed by atoms with E-state index in [2.05, 4.69) is 42.4 Å². The number of hydrogen-bond donors (Lipinski definition) is 1. The van der Waals surface area contributed by atoms with E-state index in [4.69, 9.17) is 9.47 Å². The smallest absolute Gasteiger partial charge is 0.277 e. The van der Waals surface area contributed by atoms with Gasteiger partial charge >= 0.3 is 0 Å². The summed E-state index contributed by atoms with van der Waals surface area (Å²) in [5, 5.41) is 3.91. The van der Waals surface area contributed by atoms with Crippen molar-refractivity contribution in [2.45, 2.75) is 0 Å². The van der Waals surface area contributed by atoms with Gasteiger partial charge in [-0.05, 0) is 36.4 Å². The summed E-state index contributed by atoms with van der Waals surface area (Å²) in [5.41, 5.74) is 3.16. The van der Waals surface area contributed by atoms with Crippen LogP contribution in [-0.2, 0) is 4.79 Å². The van der Waals surface area contributed by atoms with Gasteiger partial charge in [0.2, 0.25) is 0 Å². The van der Waals surface area contributed by atoms with Crippen molar-refractivity contribution in [3.63, 3.8) is 0 Å². The van der Waals surface area contributed by atoms with Gasteiger partial charge in [-0.25, -0.2) is 5.43 Å². The summed E-state index contributed by atoms with van der Waals surface area (Å²) in [5.74, 6) is 0.916. The van der Waals surface area contributed by atoms with Crippen LogP contribution in [0.25, 0.3) is 0 Å². The third-order valence-electron chi connectivity index (χ3n) is 2.75. The largest absolute Gasteiger partial charge is 0.496 e. The van der Waals surface area contributed by atoms with E-state index in [-0.39, 0.29) is 12.5 Å². The van der Waals surface area contributed by atoms with Crippen LogP contribution in [0, 0.1) is 0 Å². The second-order valence-corrected chi connectivity index (χ2v) is 6.26. The number of benzene rings is 2. The Bertz CT molecular complexity index is 720. The quantitative estimate of drug-likeness (QED) is 0.548. The summed E-state index contributed by atoms with van der Waals surface area (Å²) in [6.45, 7) is -0.122. The fourth-order valence-corrected chi connectivity index (χ4v) is 2.47. The van der Waals surface area contributed by atoms with E-state index in [1.54, 1.807) is 19.2 Å². The van der Waals surface area contributed by atoms with Crippen molar-refractivity contribution in [2.24, 2.45) is 5.10 Å². The molecular weight excluding hydrogens is 428 g/mol. The fourth-order valence-electron chi connectivity index (χ4n) is 1.72. The number of hydrazone groups is 1. The van der Waals surface area contributed by atoms with Crippen LogP contribution in [0.5, 0.6) is 11.5 Å². The molecule has 7 heteroatoms. The molecule has 0 saturated carbocycles. The minimum Gasteiger partial charge on any atom is -0.496 e. The first kappa shape index (κ1) is 17.5. The van der Waals surface area contributed by atoms with Crippen molar-refractivity contribution in [1.82, 2.24) is 5.43 Å². The molecule has 2 aromatic carbocycles. The molecule has 0 aliphatic rings. The van der Waals surface area contributed by atoms with Gasteiger partial charge in [-0.15, -0.1) is 0 Å². The van der Waals surface area contributed by atoms with Gasteiger partial charge in [0.1, 0.15) is 11.5 Å². The van der Waals surface area contributed by atoms with Gasteiger partial charge in [-0.2, -0.15) is 5.10 Å². The zero-order valence-electron chi connectivity index (χ0n) is 12.3. The molecule has 1 amide bonds. The number of carbonyl (C=O) groups is 1. The highest BCUT2D eigenvalue weighted by Crippen LogP contribution is 2.21. The van der Waals surface area contributed by atoms with E-state index in [1.165, 1.54) is 6.21 Å². The first-order valence-corrected chi connectivity index (χ1v) is 8.21. The number of amides is 1. The third-order valence-corrected chi connectivity index (χ3v) is 3.74. The molecule has 0 aromatic heterocycles. The van der Waals surface area contributed by atoms with Crippen LogP contribution in [-0.4, -0.2) is 25.8 Å². The molecule has 0 saturated heterocycles. The summed E-state index contributed by atoms with van der Waals surface area (Å²) in [4.78, 5) is 11.7. The molecule has 0 fully saturated rings. The normalized spacial score (nSPS) is 10.6. The maximum atomic E-state index is 11.7. The summed E-state index contributed by atoms with van der Waals surface area (Å²) in [6, 6.07) is 12.8. The van der Waals surface area contributed by atoms with Crippen molar-refractivity contribution < 1.29 is 14.3 Å². The Morgan fingerprint density at radius 3 is 2.74 bits per heavy atom. The Morgan fingerprint density at radius 2 is 2.00 bits per heavy atom. The van der Waals surface area contributed by atoms with Gasteiger partial charge < -0.3 is 9.47 Å². The number of rotatable bonds is 6. The topological polar surface area (TPSA) is 59.9 Å². The Morgan fingerprint density at radius 1 is 1.22 bits per heavy atom. The van der Waals surface area contributed by atoms with Gasteiger partial charge in [0, 0.05) is 14.5 Å². The SMILES string of the molecule is COc1ccc(Br)cc1/C=N/NC(=O)COc1cccc(Br)c1. The summed E-state index contributed by atoms with van der Waals surface area (Å²) < 4.78 is 12.4. The van der Waals surface area contributed by atoms with Gasteiger partial charge in [0.15, 0.2) is 6.61 Å². The van der Waals surface area contributed by atoms with E-state index in [0.29, 0.717) is 11.5 Å². The number of methoxy groups -OCH3 is 1. The van der Waals surface area contributed by atoms with Crippen LogP contribution in [0.1, 0.15) is 5.56 Å². The highest BCUT2D eigenvalue weighted by molar-refractivity contribution is 9.10. The fraction of sp³-hybridized carbons (Fsp3) is 0.125. The predicted molar refractivity (Wildman–Crippen MR) is 96.1 cm³/mol. The molecule has 0 spiro atoms. The van der Waals surface area contributed by atoms with E-state index in [1.807, 2.05) is 30.3 Å². The standard InChI is InChI=1S/C16H14Br2N2O3/c1-22-15-6-5-13(18)7-11(15)9-19-20-16(21)10-23-14-4-2-3-12(17)8-14/h2-9H,10H2,1H3,(H,20,21)/b19-9+. The first-order chi connectivity index (χ1) is 11.1. The van der Waals surface area contributed by atoms with Gasteiger partial charge in [-0.1, -0.05) is 37.9 Å². The van der Waals surface area contributed by atoms with Crippen LogP contribution in [0.15, 0.2) is 56.5 Å². The molecular formula is C16H14Br2N2O3. The molecule has 120 valence electrons. The van der Waals surface area contributed by atoms with Crippen molar-refractivity contribution in [1.29, 1.82) is 0 Å². The summed E-state index contributed by atoms with van der Waals surface area (Å²) in [7, 11) is 1.57. The Hall–Kier alpha value is -1.86. The predicted octanol–water partition coefficient (Wildman–Crippen LogP) is 3.75. The maximum Gasteiger partial charge on any atom is 0.277 e. The number of ether oxygens (including phenoxy) is 2. The zero-order chi connectivity index (χ0) is 16.7. The third kappa shape index (κ3) is 5.69. The lowest BCUT2D eigenvalue weighted by Crippen LogP contribution is -2.24. The maximum absolute atomic E-state index is 11.7. The van der Waals surface area contributed by atoms with Gasteiger partial charge in [0.25, 0.3) is 5.91 Å². The van der Waals surface area contributed by atoms with E-state index in [0.717, 1.165) is 14.5 Å². The van der Waals surface area contributed by atoms with Gasteiger partial charge in [-0.3, -0.25) is 4.79 Å². The first-order valence-electron chi connectivity index (χ1n) is 6.62. The summed E-state index contributed by atoms with van der Waals surface area (Å²) in [6.07, 6.45) is 1.51. The molecule has 0 aliphatic heterocycles. The number of carbonyl (C=O) groups excluding carboxylic acids is 1.